The van der Waals surface area contributed by atoms with E-state index in [1.807, 2.05) is 6.92 Å². The highest BCUT2D eigenvalue weighted by Gasteiger charge is 2.39. The Labute approximate surface area is 209 Å². The van der Waals surface area contributed by atoms with E-state index in [9.17, 15) is 9.59 Å². The Balaban J connectivity index is 1.64. The average Bonchev–Trinajstić information content (AvgIpc) is 3.43. The summed E-state index contributed by atoms with van der Waals surface area (Å²) in [4.78, 5) is 36.4. The van der Waals surface area contributed by atoms with Crippen molar-refractivity contribution in [2.45, 2.75) is 51.2 Å². The number of likely N-dealkylation sites (tertiary alicyclic amines) is 1. The van der Waals surface area contributed by atoms with Gasteiger partial charge in [-0.05, 0) is 59.4 Å². The molecule has 2 unspecified atom stereocenters. The molecule has 0 bridgehead atoms. The second-order valence-corrected chi connectivity index (χ2v) is 10.4. The molecule has 0 saturated carbocycles. The third kappa shape index (κ3) is 3.98. The van der Waals surface area contributed by atoms with Crippen LogP contribution < -0.4 is 0 Å². The highest BCUT2D eigenvalue weighted by Crippen LogP contribution is 2.38. The lowest BCUT2D eigenvalue weighted by atomic mass is 10.2. The van der Waals surface area contributed by atoms with Gasteiger partial charge >= 0.3 is 5.97 Å². The second-order valence-electron chi connectivity index (χ2n) is 8.61. The van der Waals surface area contributed by atoms with Gasteiger partial charge in [0.05, 0.1) is 29.8 Å². The number of ether oxygens (including phenoxy) is 1. The molecule has 4 aromatic rings. The predicted octanol–water partition coefficient (Wildman–Crippen LogP) is 4.84. The van der Waals surface area contributed by atoms with Gasteiger partial charge in [-0.2, -0.15) is 0 Å². The number of esters is 1. The molecule has 0 spiro atoms. The highest BCUT2D eigenvalue weighted by molar-refractivity contribution is 9.10. The molecular formula is C24H24BrN5O3S. The molecule has 3 aromatic heterocycles. The smallest absolute Gasteiger partial charge is 0.302 e. The maximum absolute atomic E-state index is 12.5. The Bertz CT molecular complexity index is 1430. The van der Waals surface area contributed by atoms with Gasteiger partial charge < -0.3 is 9.64 Å². The lowest BCUT2D eigenvalue weighted by Crippen LogP contribution is -2.31. The fourth-order valence-electron chi connectivity index (χ4n) is 4.58. The third-order valence-electron chi connectivity index (χ3n) is 6.05. The van der Waals surface area contributed by atoms with E-state index in [1.54, 1.807) is 23.0 Å². The van der Waals surface area contributed by atoms with E-state index < -0.39 is 0 Å². The number of amides is 1. The molecule has 1 aliphatic heterocycles. The molecule has 1 saturated heterocycles. The number of nitrogens with zero attached hydrogens (tertiary/aromatic N) is 5. The number of fused-ring (bicyclic) bond motifs is 3. The van der Waals surface area contributed by atoms with Crippen molar-refractivity contribution >= 4 is 56.4 Å². The van der Waals surface area contributed by atoms with Gasteiger partial charge in [0, 0.05) is 31.4 Å². The number of aromatic nitrogens is 4. The minimum atomic E-state index is -0.363. The number of hydrogen-bond donors (Lipinski definition) is 0. The van der Waals surface area contributed by atoms with Crippen LogP contribution in [0.25, 0.3) is 16.7 Å². The number of aryl methyl sites for hydroxylation is 2. The van der Waals surface area contributed by atoms with Gasteiger partial charge in [0.1, 0.15) is 16.5 Å². The molecule has 1 aromatic carbocycles. The fraction of sp³-hybridized carbons (Fsp3) is 0.333. The molecule has 0 radical (unpaired) electrons. The lowest BCUT2D eigenvalue weighted by molar-refractivity contribution is -0.146. The number of imidazole rings is 1. The molecule has 2 atom stereocenters. The van der Waals surface area contributed by atoms with Crippen LogP contribution in [0.3, 0.4) is 0 Å². The molecule has 1 fully saturated rings. The van der Waals surface area contributed by atoms with Gasteiger partial charge in [0.2, 0.25) is 5.91 Å². The van der Waals surface area contributed by atoms with E-state index in [1.165, 1.54) is 19.4 Å². The Morgan fingerprint density at radius 2 is 1.91 bits per heavy atom. The summed E-state index contributed by atoms with van der Waals surface area (Å²) in [6.45, 7) is 7.39. The first-order valence-electron chi connectivity index (χ1n) is 11.0. The van der Waals surface area contributed by atoms with Crippen LogP contribution in [-0.4, -0.2) is 47.8 Å². The van der Waals surface area contributed by atoms with Gasteiger partial charge in [0.25, 0.3) is 0 Å². The molecule has 8 nitrogen and oxygen atoms in total. The van der Waals surface area contributed by atoms with Crippen LogP contribution in [0, 0.1) is 13.8 Å². The summed E-state index contributed by atoms with van der Waals surface area (Å²) < 4.78 is 10.2. The van der Waals surface area contributed by atoms with Crippen molar-refractivity contribution in [1.82, 2.24) is 23.2 Å². The molecule has 5 rings (SSSR count). The molecule has 0 N–H and O–H groups in total. The van der Waals surface area contributed by atoms with Crippen molar-refractivity contribution in [3.05, 3.63) is 58.2 Å². The molecule has 4 heterocycles. The first-order valence-corrected chi connectivity index (χ1v) is 12.5. The van der Waals surface area contributed by atoms with Crippen molar-refractivity contribution in [2.24, 2.45) is 0 Å². The lowest BCUT2D eigenvalue weighted by Gasteiger charge is -2.22. The van der Waals surface area contributed by atoms with Crippen LogP contribution in [0.4, 0.5) is 0 Å². The van der Waals surface area contributed by atoms with E-state index >= 15 is 0 Å². The molecule has 34 heavy (non-hydrogen) atoms. The van der Waals surface area contributed by atoms with Crippen molar-refractivity contribution in [3.8, 4) is 0 Å². The van der Waals surface area contributed by atoms with Crippen LogP contribution in [-0.2, 0) is 14.3 Å². The Morgan fingerprint density at radius 3 is 2.59 bits per heavy atom. The van der Waals surface area contributed by atoms with Crippen LogP contribution in [0.2, 0.25) is 0 Å². The van der Waals surface area contributed by atoms with Crippen molar-refractivity contribution in [1.29, 1.82) is 0 Å². The zero-order valence-corrected chi connectivity index (χ0v) is 21.7. The van der Waals surface area contributed by atoms with Crippen LogP contribution >= 0.6 is 27.9 Å². The zero-order valence-electron chi connectivity index (χ0n) is 19.3. The molecule has 1 amide bonds. The fourth-order valence-corrected chi connectivity index (χ4v) is 5.96. The largest absolute Gasteiger partial charge is 0.461 e. The van der Waals surface area contributed by atoms with Gasteiger partial charge in [-0.15, -0.1) is 0 Å². The molecule has 0 aliphatic carbocycles. The van der Waals surface area contributed by atoms with E-state index in [0.717, 1.165) is 33.0 Å². The molecule has 176 valence electrons. The minimum absolute atomic E-state index is 0.0814. The van der Waals surface area contributed by atoms with E-state index in [0.29, 0.717) is 17.6 Å². The van der Waals surface area contributed by atoms with Crippen molar-refractivity contribution in [2.75, 3.05) is 6.54 Å². The Kier molecular flexibility index (Phi) is 5.89. The molecule has 10 heteroatoms. The molecule has 1 aliphatic rings. The van der Waals surface area contributed by atoms with Gasteiger partial charge in [-0.1, -0.05) is 17.7 Å². The number of halogens is 1. The standard InChI is InChI=1S/C24H24BrN5O3S/c1-13-5-7-18(8-6-13)34-29-11-14(2)21-24(29)26-10-20-22(25)27-23(30(20)21)19-9-17(33-16(4)32)12-28(19)15(3)31/h5-8,10-11,17,19H,9,12H2,1-4H3. The minimum Gasteiger partial charge on any atom is -0.461 e. The Hall–Kier alpha value is -2.85. The average molecular weight is 542 g/mol. The monoisotopic (exact) mass is 541 g/mol. The van der Waals surface area contributed by atoms with Crippen LogP contribution in [0.15, 0.2) is 46.2 Å². The quantitative estimate of drug-likeness (QED) is 0.343. The zero-order chi connectivity index (χ0) is 24.1. The summed E-state index contributed by atoms with van der Waals surface area (Å²) in [6, 6.07) is 8.05. The summed E-state index contributed by atoms with van der Waals surface area (Å²) in [5.41, 5.74) is 4.82. The van der Waals surface area contributed by atoms with E-state index in [4.69, 9.17) is 14.7 Å². The van der Waals surface area contributed by atoms with Crippen LogP contribution in [0.1, 0.15) is 43.3 Å². The summed E-state index contributed by atoms with van der Waals surface area (Å²) in [6.07, 6.45) is 3.99. The van der Waals surface area contributed by atoms with Crippen molar-refractivity contribution < 1.29 is 14.3 Å². The summed E-state index contributed by atoms with van der Waals surface area (Å²) >= 11 is 5.18. The summed E-state index contributed by atoms with van der Waals surface area (Å²) in [7, 11) is 0. The van der Waals surface area contributed by atoms with E-state index in [2.05, 4.69) is 61.7 Å². The number of benzene rings is 1. The van der Waals surface area contributed by atoms with Gasteiger partial charge in [-0.3, -0.25) is 18.0 Å². The van der Waals surface area contributed by atoms with Gasteiger partial charge in [0.15, 0.2) is 5.65 Å². The first-order chi connectivity index (χ1) is 16.2. The van der Waals surface area contributed by atoms with Crippen LogP contribution in [0.5, 0.6) is 0 Å². The second kappa shape index (κ2) is 8.74. The van der Waals surface area contributed by atoms with Gasteiger partial charge in [-0.25, -0.2) is 9.97 Å². The normalized spacial score (nSPS) is 18.2. The predicted molar refractivity (Wildman–Crippen MR) is 134 cm³/mol. The number of carbonyl (C=O) groups is 2. The van der Waals surface area contributed by atoms with Crippen molar-refractivity contribution in [3.63, 3.8) is 0 Å². The number of hydrogen-bond acceptors (Lipinski definition) is 6. The maximum atomic E-state index is 12.5. The number of rotatable bonds is 4. The van der Waals surface area contributed by atoms with E-state index in [-0.39, 0.29) is 24.0 Å². The maximum Gasteiger partial charge on any atom is 0.302 e. The Morgan fingerprint density at radius 1 is 1.18 bits per heavy atom. The first kappa shape index (κ1) is 22.9. The SMILES string of the molecule is CC(=O)OC1CC(c2nc(Br)c3cnc4c(c(C)cn4Sc4ccc(C)cc4)n23)N(C(C)=O)C1. The summed E-state index contributed by atoms with van der Waals surface area (Å²) in [5, 5.41) is 0. The molecular weight excluding hydrogens is 518 g/mol. The third-order valence-corrected chi connectivity index (χ3v) is 7.60. The number of carbonyl (C=O) groups excluding carboxylic acids is 2. The topological polar surface area (TPSA) is 81.7 Å². The summed E-state index contributed by atoms with van der Waals surface area (Å²) in [5.74, 6) is 0.290. The highest BCUT2D eigenvalue weighted by atomic mass is 79.9.